The SMILES string of the molecule is O=C1/C(=C/c2ccco2)C2(CCCCO2)C(=O)N1c1ccc(F)cc1. The predicted molar refractivity (Wildman–Crippen MR) is 88.1 cm³/mol. The first-order valence-corrected chi connectivity index (χ1v) is 8.16. The Kier molecular flexibility index (Phi) is 3.77. The van der Waals surface area contributed by atoms with E-state index in [9.17, 15) is 14.0 Å². The number of carbonyl (C=O) groups excluding carboxylic acids is 2. The van der Waals surface area contributed by atoms with Crippen molar-refractivity contribution in [2.75, 3.05) is 11.5 Å². The maximum Gasteiger partial charge on any atom is 0.271 e. The topological polar surface area (TPSA) is 59.8 Å². The molecule has 4 rings (SSSR count). The summed E-state index contributed by atoms with van der Waals surface area (Å²) >= 11 is 0. The third-order valence-corrected chi connectivity index (χ3v) is 4.60. The molecule has 25 heavy (non-hydrogen) atoms. The van der Waals surface area contributed by atoms with E-state index in [2.05, 4.69) is 0 Å². The average Bonchev–Trinajstić information content (AvgIpc) is 3.20. The predicted octanol–water partition coefficient (Wildman–Crippen LogP) is 3.31. The Balaban J connectivity index is 1.82. The molecular weight excluding hydrogens is 325 g/mol. The third kappa shape index (κ3) is 2.49. The van der Waals surface area contributed by atoms with E-state index in [1.165, 1.54) is 30.5 Å². The molecule has 0 saturated carbocycles. The van der Waals surface area contributed by atoms with Crippen LogP contribution in [0.15, 0.2) is 52.7 Å². The van der Waals surface area contributed by atoms with Gasteiger partial charge in [0, 0.05) is 6.61 Å². The highest BCUT2D eigenvalue weighted by molar-refractivity contribution is 6.33. The van der Waals surface area contributed by atoms with E-state index in [1.807, 2.05) is 0 Å². The summed E-state index contributed by atoms with van der Waals surface area (Å²) in [7, 11) is 0. The minimum Gasteiger partial charge on any atom is -0.465 e. The molecule has 1 unspecified atom stereocenters. The lowest BCUT2D eigenvalue weighted by atomic mass is 9.87. The second kappa shape index (κ2) is 5.97. The van der Waals surface area contributed by atoms with E-state index in [-0.39, 0.29) is 5.57 Å². The molecule has 0 aliphatic carbocycles. The van der Waals surface area contributed by atoms with Gasteiger partial charge in [0.2, 0.25) is 0 Å². The number of carbonyl (C=O) groups is 2. The summed E-state index contributed by atoms with van der Waals surface area (Å²) in [5.41, 5.74) is -0.708. The number of hydrogen-bond acceptors (Lipinski definition) is 4. The Bertz CT molecular complexity index is 833. The summed E-state index contributed by atoms with van der Waals surface area (Å²) in [6, 6.07) is 8.69. The van der Waals surface area contributed by atoms with Gasteiger partial charge in [-0.05, 0) is 61.7 Å². The van der Waals surface area contributed by atoms with Gasteiger partial charge < -0.3 is 9.15 Å². The number of amides is 2. The van der Waals surface area contributed by atoms with Crippen LogP contribution in [0.1, 0.15) is 25.0 Å². The largest absolute Gasteiger partial charge is 0.465 e. The highest BCUT2D eigenvalue weighted by Gasteiger charge is 2.58. The van der Waals surface area contributed by atoms with Crippen molar-refractivity contribution in [1.29, 1.82) is 0 Å². The molecule has 2 aliphatic heterocycles. The molecule has 6 heteroatoms. The van der Waals surface area contributed by atoms with Crippen LogP contribution in [-0.2, 0) is 14.3 Å². The summed E-state index contributed by atoms with van der Waals surface area (Å²) < 4.78 is 24.4. The van der Waals surface area contributed by atoms with E-state index in [0.29, 0.717) is 24.5 Å². The van der Waals surface area contributed by atoms with Gasteiger partial charge in [0.25, 0.3) is 11.8 Å². The maximum atomic E-state index is 13.2. The quantitative estimate of drug-likeness (QED) is 0.621. The summed E-state index contributed by atoms with van der Waals surface area (Å²) in [6.45, 7) is 0.409. The van der Waals surface area contributed by atoms with Gasteiger partial charge in [-0.25, -0.2) is 9.29 Å². The third-order valence-electron chi connectivity index (χ3n) is 4.60. The number of ether oxygens (including phenoxy) is 1. The number of halogens is 1. The lowest BCUT2D eigenvalue weighted by Crippen LogP contribution is -2.45. The van der Waals surface area contributed by atoms with Crippen LogP contribution in [0.25, 0.3) is 6.08 Å². The highest BCUT2D eigenvalue weighted by Crippen LogP contribution is 2.42. The lowest BCUT2D eigenvalue weighted by molar-refractivity contribution is -0.140. The zero-order valence-corrected chi connectivity index (χ0v) is 13.4. The minimum atomic E-state index is -1.30. The second-order valence-electron chi connectivity index (χ2n) is 6.13. The summed E-state index contributed by atoms with van der Waals surface area (Å²) in [5.74, 6) is -0.847. The molecule has 0 bridgehead atoms. The molecule has 2 aromatic rings. The molecule has 1 aromatic carbocycles. The minimum absolute atomic E-state index is 0.261. The Morgan fingerprint density at radius 3 is 2.56 bits per heavy atom. The number of imide groups is 1. The van der Waals surface area contributed by atoms with E-state index in [1.54, 1.807) is 18.2 Å². The van der Waals surface area contributed by atoms with E-state index >= 15 is 0 Å². The van der Waals surface area contributed by atoms with Crippen LogP contribution < -0.4 is 4.90 Å². The molecule has 1 aromatic heterocycles. The molecule has 2 aliphatic rings. The van der Waals surface area contributed by atoms with Crippen molar-refractivity contribution in [3.63, 3.8) is 0 Å². The van der Waals surface area contributed by atoms with Gasteiger partial charge in [0.1, 0.15) is 11.6 Å². The van der Waals surface area contributed by atoms with E-state index in [0.717, 1.165) is 17.7 Å². The van der Waals surface area contributed by atoms with E-state index < -0.39 is 23.2 Å². The number of nitrogens with zero attached hydrogens (tertiary/aromatic N) is 1. The number of rotatable bonds is 2. The van der Waals surface area contributed by atoms with Crippen LogP contribution in [0.3, 0.4) is 0 Å². The standard InChI is InChI=1S/C19H16FNO4/c20-13-5-7-14(8-6-13)21-17(22)16(12-15-4-3-10-24-15)19(18(21)23)9-1-2-11-25-19/h3-8,10,12H,1-2,9,11H2/b16-12-. The fraction of sp³-hybridized carbons (Fsp3) is 0.263. The molecule has 3 heterocycles. The molecule has 2 fully saturated rings. The van der Waals surface area contributed by atoms with Gasteiger partial charge in [-0.1, -0.05) is 0 Å². The number of anilines is 1. The first kappa shape index (κ1) is 15.8. The summed E-state index contributed by atoms with van der Waals surface area (Å²) in [5, 5.41) is 0. The Labute approximate surface area is 143 Å². The van der Waals surface area contributed by atoms with Gasteiger partial charge in [0.05, 0.1) is 17.5 Å². The normalized spacial score (nSPS) is 25.3. The molecule has 0 N–H and O–H groups in total. The van der Waals surface area contributed by atoms with Crippen LogP contribution in [0.5, 0.6) is 0 Å². The Morgan fingerprint density at radius 1 is 1.12 bits per heavy atom. The van der Waals surface area contributed by atoms with Crippen molar-refractivity contribution in [2.24, 2.45) is 0 Å². The summed E-state index contributed by atoms with van der Waals surface area (Å²) in [4.78, 5) is 27.2. The number of furan rings is 1. The molecule has 128 valence electrons. The monoisotopic (exact) mass is 341 g/mol. The molecule has 1 atom stereocenters. The fourth-order valence-electron chi connectivity index (χ4n) is 3.38. The number of hydrogen-bond donors (Lipinski definition) is 0. The van der Waals surface area contributed by atoms with Gasteiger partial charge >= 0.3 is 0 Å². The van der Waals surface area contributed by atoms with Crippen LogP contribution in [0.2, 0.25) is 0 Å². The van der Waals surface area contributed by atoms with Gasteiger partial charge in [-0.15, -0.1) is 0 Å². The van der Waals surface area contributed by atoms with Crippen molar-refractivity contribution < 1.29 is 23.1 Å². The molecule has 1 spiro atoms. The zero-order chi connectivity index (χ0) is 17.4. The molecule has 0 radical (unpaired) electrons. The van der Waals surface area contributed by atoms with Crippen molar-refractivity contribution >= 4 is 23.6 Å². The molecule has 2 amide bonds. The first-order chi connectivity index (χ1) is 12.1. The highest BCUT2D eigenvalue weighted by atomic mass is 19.1. The zero-order valence-electron chi connectivity index (χ0n) is 13.4. The second-order valence-corrected chi connectivity index (χ2v) is 6.13. The fourth-order valence-corrected chi connectivity index (χ4v) is 3.38. The van der Waals surface area contributed by atoms with Crippen molar-refractivity contribution in [3.8, 4) is 0 Å². The Hall–Kier alpha value is -2.73. The Morgan fingerprint density at radius 2 is 1.92 bits per heavy atom. The van der Waals surface area contributed by atoms with Crippen LogP contribution in [0.4, 0.5) is 10.1 Å². The van der Waals surface area contributed by atoms with Gasteiger partial charge in [-0.2, -0.15) is 0 Å². The van der Waals surface area contributed by atoms with Crippen LogP contribution in [0, 0.1) is 5.82 Å². The average molecular weight is 341 g/mol. The van der Waals surface area contributed by atoms with Crippen molar-refractivity contribution in [1.82, 2.24) is 0 Å². The van der Waals surface area contributed by atoms with Crippen LogP contribution in [-0.4, -0.2) is 24.0 Å². The first-order valence-electron chi connectivity index (χ1n) is 8.16. The van der Waals surface area contributed by atoms with Gasteiger partial charge in [0.15, 0.2) is 5.60 Å². The maximum absolute atomic E-state index is 13.2. The smallest absolute Gasteiger partial charge is 0.271 e. The van der Waals surface area contributed by atoms with E-state index in [4.69, 9.17) is 9.15 Å². The van der Waals surface area contributed by atoms with Gasteiger partial charge in [-0.3, -0.25) is 9.59 Å². The lowest BCUT2D eigenvalue weighted by Gasteiger charge is -2.31. The molecular formula is C19H16FNO4. The van der Waals surface area contributed by atoms with Crippen LogP contribution >= 0.6 is 0 Å². The number of benzene rings is 1. The molecule has 5 nitrogen and oxygen atoms in total. The molecule has 2 saturated heterocycles. The summed E-state index contributed by atoms with van der Waals surface area (Å²) in [6.07, 6.45) is 5.12. The van der Waals surface area contributed by atoms with Crippen molar-refractivity contribution in [2.45, 2.75) is 24.9 Å². The van der Waals surface area contributed by atoms with Crippen molar-refractivity contribution in [3.05, 3.63) is 59.8 Å².